The molecule has 6 nitrogen and oxygen atoms in total. The number of thiazole rings is 1. The molecule has 29 heavy (non-hydrogen) atoms. The Balaban J connectivity index is 1.60. The van der Waals surface area contributed by atoms with Crippen LogP contribution in [0.1, 0.15) is 36.2 Å². The molecule has 0 spiro atoms. The Bertz CT molecular complexity index is 1130. The molecule has 0 amide bonds. The standard InChI is InChI=1S/C21H21FN4O2S/c1-13-8-10-25(11-9-13)17(14-5-2-3-6-15(14)22)18-20(27)26-21(29-18)23-19(24-26)16-7-4-12-28-16/h2-7,12-13,17,27H,8-11H2,1H3/p+1/t17-/m0/s1. The third-order valence-electron chi connectivity index (χ3n) is 5.74. The first-order valence-electron chi connectivity index (χ1n) is 9.83. The van der Waals surface area contributed by atoms with Crippen molar-refractivity contribution in [2.24, 2.45) is 5.92 Å². The Labute approximate surface area is 171 Å². The quantitative estimate of drug-likeness (QED) is 0.539. The van der Waals surface area contributed by atoms with Gasteiger partial charge in [-0.2, -0.15) is 9.50 Å². The number of quaternary nitrogens is 1. The lowest BCUT2D eigenvalue weighted by Gasteiger charge is -2.33. The molecule has 1 aliphatic rings. The van der Waals surface area contributed by atoms with E-state index in [1.165, 1.54) is 26.8 Å². The van der Waals surface area contributed by atoms with Gasteiger partial charge in [0.05, 0.1) is 24.9 Å². The molecule has 0 saturated carbocycles. The molecular formula is C21H22FN4O2S+. The van der Waals surface area contributed by atoms with Gasteiger partial charge in [0, 0.05) is 0 Å². The molecule has 1 saturated heterocycles. The van der Waals surface area contributed by atoms with Gasteiger partial charge in [-0.3, -0.25) is 0 Å². The molecule has 4 aromatic rings. The van der Waals surface area contributed by atoms with Gasteiger partial charge in [0.2, 0.25) is 16.7 Å². The van der Waals surface area contributed by atoms with Crippen molar-refractivity contribution in [1.29, 1.82) is 0 Å². The van der Waals surface area contributed by atoms with Crippen LogP contribution in [0.5, 0.6) is 5.88 Å². The second-order valence-corrected chi connectivity index (χ2v) is 8.70. The smallest absolute Gasteiger partial charge is 0.235 e. The predicted molar refractivity (Wildman–Crippen MR) is 108 cm³/mol. The minimum absolute atomic E-state index is 0.0229. The van der Waals surface area contributed by atoms with E-state index in [-0.39, 0.29) is 17.7 Å². The molecule has 0 bridgehead atoms. The summed E-state index contributed by atoms with van der Waals surface area (Å²) in [5, 5.41) is 15.4. The van der Waals surface area contributed by atoms with E-state index in [2.05, 4.69) is 17.0 Å². The molecule has 150 valence electrons. The number of hydrogen-bond donors (Lipinski definition) is 2. The first-order chi connectivity index (χ1) is 14.1. The number of hydrogen-bond acceptors (Lipinski definition) is 5. The summed E-state index contributed by atoms with van der Waals surface area (Å²) in [6, 6.07) is 10.1. The fraction of sp³-hybridized carbons (Fsp3) is 0.333. The SMILES string of the molecule is CC1CC[NH+]([C@@H](c2ccccc2F)c2sc3nc(-c4ccco4)nn3c2O)CC1. The molecule has 1 atom stereocenters. The lowest BCUT2D eigenvalue weighted by atomic mass is 9.95. The van der Waals surface area contributed by atoms with Gasteiger partial charge in [0.1, 0.15) is 10.7 Å². The molecule has 0 unspecified atom stereocenters. The van der Waals surface area contributed by atoms with Crippen molar-refractivity contribution in [3.63, 3.8) is 0 Å². The highest BCUT2D eigenvalue weighted by molar-refractivity contribution is 7.17. The molecule has 1 fully saturated rings. The summed E-state index contributed by atoms with van der Waals surface area (Å²) >= 11 is 1.36. The van der Waals surface area contributed by atoms with Crippen molar-refractivity contribution in [3.05, 3.63) is 58.9 Å². The number of fused-ring (bicyclic) bond motifs is 1. The van der Waals surface area contributed by atoms with E-state index >= 15 is 0 Å². The van der Waals surface area contributed by atoms with Gasteiger partial charge in [-0.15, -0.1) is 5.10 Å². The summed E-state index contributed by atoms with van der Waals surface area (Å²) in [6.45, 7) is 4.13. The van der Waals surface area contributed by atoms with E-state index in [1.54, 1.807) is 24.5 Å². The highest BCUT2D eigenvalue weighted by atomic mass is 32.1. The van der Waals surface area contributed by atoms with Crippen LogP contribution in [0.25, 0.3) is 16.5 Å². The number of nitrogens with one attached hydrogen (secondary N) is 1. The topological polar surface area (TPSA) is 68.0 Å². The van der Waals surface area contributed by atoms with Crippen LogP contribution in [0, 0.1) is 11.7 Å². The van der Waals surface area contributed by atoms with E-state index in [4.69, 9.17) is 4.42 Å². The van der Waals surface area contributed by atoms with Crippen molar-refractivity contribution in [3.8, 4) is 17.5 Å². The van der Waals surface area contributed by atoms with Crippen LogP contribution < -0.4 is 4.90 Å². The van der Waals surface area contributed by atoms with Crippen molar-refractivity contribution in [2.45, 2.75) is 25.8 Å². The summed E-state index contributed by atoms with van der Waals surface area (Å²) in [4.78, 5) is 7.03. The Morgan fingerprint density at radius 3 is 2.72 bits per heavy atom. The Hall–Kier alpha value is -2.71. The highest BCUT2D eigenvalue weighted by Gasteiger charge is 2.36. The Kier molecular flexibility index (Phi) is 4.60. The zero-order valence-electron chi connectivity index (χ0n) is 16.0. The normalized spacial score (nSPS) is 20.9. The van der Waals surface area contributed by atoms with Gasteiger partial charge >= 0.3 is 0 Å². The predicted octanol–water partition coefficient (Wildman–Crippen LogP) is 3.30. The zero-order chi connectivity index (χ0) is 20.0. The Morgan fingerprint density at radius 1 is 1.24 bits per heavy atom. The minimum Gasteiger partial charge on any atom is -0.492 e. The fourth-order valence-corrected chi connectivity index (χ4v) is 5.26. The lowest BCUT2D eigenvalue weighted by molar-refractivity contribution is -0.931. The molecule has 8 heteroatoms. The number of nitrogens with zero attached hydrogens (tertiary/aromatic N) is 3. The second kappa shape index (κ2) is 7.27. The number of aromatic nitrogens is 3. The Morgan fingerprint density at radius 2 is 2.03 bits per heavy atom. The molecule has 1 aliphatic heterocycles. The lowest BCUT2D eigenvalue weighted by Crippen LogP contribution is -3.13. The van der Waals surface area contributed by atoms with Crippen LogP contribution in [-0.2, 0) is 0 Å². The van der Waals surface area contributed by atoms with Crippen LogP contribution in [0.15, 0.2) is 47.1 Å². The van der Waals surface area contributed by atoms with Gasteiger partial charge in [-0.1, -0.05) is 30.4 Å². The number of benzene rings is 1. The van der Waals surface area contributed by atoms with E-state index in [9.17, 15) is 9.50 Å². The second-order valence-electron chi connectivity index (χ2n) is 7.69. The average molecular weight is 413 g/mol. The van der Waals surface area contributed by atoms with Crippen LogP contribution in [0.4, 0.5) is 4.39 Å². The zero-order valence-corrected chi connectivity index (χ0v) is 16.8. The molecule has 5 rings (SSSR count). The van der Waals surface area contributed by atoms with Gasteiger partial charge in [-0.05, 0) is 43.0 Å². The minimum atomic E-state index is -0.288. The number of aromatic hydroxyl groups is 1. The van der Waals surface area contributed by atoms with Crippen molar-refractivity contribution >= 4 is 16.3 Å². The molecule has 3 aromatic heterocycles. The van der Waals surface area contributed by atoms with Crippen LogP contribution in [0.3, 0.4) is 0 Å². The average Bonchev–Trinajstić information content (AvgIpc) is 3.44. The van der Waals surface area contributed by atoms with Crippen LogP contribution in [-0.4, -0.2) is 32.8 Å². The summed E-state index contributed by atoms with van der Waals surface area (Å²) in [7, 11) is 0. The maximum Gasteiger partial charge on any atom is 0.235 e. The van der Waals surface area contributed by atoms with Gasteiger partial charge in [0.25, 0.3) is 0 Å². The number of halogens is 1. The van der Waals surface area contributed by atoms with E-state index in [0.29, 0.717) is 32.9 Å². The van der Waals surface area contributed by atoms with Crippen molar-refractivity contribution in [1.82, 2.24) is 14.6 Å². The molecular weight excluding hydrogens is 391 g/mol. The van der Waals surface area contributed by atoms with E-state index in [1.807, 2.05) is 12.1 Å². The molecule has 0 radical (unpaired) electrons. The van der Waals surface area contributed by atoms with Crippen LogP contribution >= 0.6 is 11.3 Å². The molecule has 4 heterocycles. The number of piperidine rings is 1. The number of rotatable bonds is 4. The van der Waals surface area contributed by atoms with Crippen molar-refractivity contribution < 1.29 is 18.8 Å². The number of furan rings is 1. The van der Waals surface area contributed by atoms with Crippen molar-refractivity contribution in [2.75, 3.05) is 13.1 Å². The molecule has 1 aromatic carbocycles. The maximum atomic E-state index is 14.8. The van der Waals surface area contributed by atoms with E-state index < -0.39 is 0 Å². The summed E-state index contributed by atoms with van der Waals surface area (Å²) in [5.74, 6) is 1.41. The first kappa shape index (κ1) is 18.3. The van der Waals surface area contributed by atoms with E-state index in [0.717, 1.165) is 25.9 Å². The monoisotopic (exact) mass is 413 g/mol. The summed E-state index contributed by atoms with van der Waals surface area (Å²) in [6.07, 6.45) is 3.74. The number of likely N-dealkylation sites (tertiary alicyclic amines) is 1. The van der Waals surface area contributed by atoms with Crippen LogP contribution in [0.2, 0.25) is 0 Å². The van der Waals surface area contributed by atoms with Gasteiger partial charge < -0.3 is 14.4 Å². The highest BCUT2D eigenvalue weighted by Crippen LogP contribution is 2.37. The molecule has 2 N–H and O–H groups in total. The fourth-order valence-electron chi connectivity index (χ4n) is 4.13. The first-order valence-corrected chi connectivity index (χ1v) is 10.6. The molecule has 0 aliphatic carbocycles. The van der Waals surface area contributed by atoms with Gasteiger partial charge in [-0.25, -0.2) is 4.39 Å². The third kappa shape index (κ3) is 3.22. The maximum absolute atomic E-state index is 14.8. The summed E-state index contributed by atoms with van der Waals surface area (Å²) < 4.78 is 21.6. The third-order valence-corrected chi connectivity index (χ3v) is 6.83. The largest absolute Gasteiger partial charge is 0.492 e. The summed E-state index contributed by atoms with van der Waals surface area (Å²) in [5.41, 5.74) is 0.600. The van der Waals surface area contributed by atoms with Gasteiger partial charge in [0.15, 0.2) is 11.8 Å².